The number of nitrogens with zero attached hydrogens (tertiary/aromatic N) is 1. The van der Waals surface area contributed by atoms with E-state index < -0.39 is 7.12 Å². The summed E-state index contributed by atoms with van der Waals surface area (Å²) in [5.74, 6) is 0.606. The minimum Gasteiger partial charge on any atom is -0.436 e. The van der Waals surface area contributed by atoms with Crippen LogP contribution >= 0.6 is 0 Å². The number of rotatable bonds is 2. The molecule has 1 fully saturated rings. The molecular formula is C19H20BNO3. The lowest BCUT2D eigenvalue weighted by molar-refractivity contribution is 0.00578. The van der Waals surface area contributed by atoms with Crippen LogP contribution in [0.4, 0.5) is 0 Å². The van der Waals surface area contributed by atoms with Crippen molar-refractivity contribution in [2.45, 2.75) is 38.9 Å². The zero-order chi connectivity index (χ0) is 16.9. The highest BCUT2D eigenvalue weighted by Crippen LogP contribution is 2.37. The molecule has 1 aliphatic heterocycles. The van der Waals surface area contributed by atoms with Crippen LogP contribution in [0.5, 0.6) is 0 Å². The first-order valence-electron chi connectivity index (χ1n) is 8.18. The summed E-state index contributed by atoms with van der Waals surface area (Å²) in [4.78, 5) is 4.61. The third-order valence-corrected chi connectivity index (χ3v) is 4.97. The number of oxazole rings is 1. The second-order valence-electron chi connectivity index (χ2n) is 7.17. The highest BCUT2D eigenvalue weighted by atomic mass is 16.7. The fraction of sp³-hybridized carbons (Fsp3) is 0.316. The Bertz CT molecular complexity index is 870. The summed E-state index contributed by atoms with van der Waals surface area (Å²) in [6, 6.07) is 15.8. The van der Waals surface area contributed by atoms with Gasteiger partial charge in [-0.25, -0.2) is 4.98 Å². The summed E-state index contributed by atoms with van der Waals surface area (Å²) in [6.07, 6.45) is 0. The van der Waals surface area contributed by atoms with E-state index in [1.165, 1.54) is 0 Å². The molecule has 0 spiro atoms. The summed E-state index contributed by atoms with van der Waals surface area (Å²) in [7, 11) is -0.463. The Hall–Kier alpha value is -2.11. The Labute approximate surface area is 141 Å². The summed E-state index contributed by atoms with van der Waals surface area (Å²) in [5, 5.41) is 0. The van der Waals surface area contributed by atoms with Crippen molar-refractivity contribution < 1.29 is 13.7 Å². The molecule has 0 amide bonds. The van der Waals surface area contributed by atoms with Gasteiger partial charge in [-0.15, -0.1) is 0 Å². The molecule has 0 atom stereocenters. The first-order valence-corrected chi connectivity index (χ1v) is 8.18. The van der Waals surface area contributed by atoms with Crippen LogP contribution in [0.15, 0.2) is 52.9 Å². The van der Waals surface area contributed by atoms with Crippen LogP contribution in [0.2, 0.25) is 0 Å². The van der Waals surface area contributed by atoms with Crippen molar-refractivity contribution in [1.82, 2.24) is 4.98 Å². The lowest BCUT2D eigenvalue weighted by atomic mass is 9.78. The largest absolute Gasteiger partial charge is 0.498 e. The summed E-state index contributed by atoms with van der Waals surface area (Å²) in [6.45, 7) is 8.18. The number of para-hydroxylation sites is 1. The van der Waals surface area contributed by atoms with Crippen molar-refractivity contribution in [3.8, 4) is 11.5 Å². The van der Waals surface area contributed by atoms with Crippen molar-refractivity contribution in [3.63, 3.8) is 0 Å². The first-order chi connectivity index (χ1) is 11.4. The van der Waals surface area contributed by atoms with E-state index in [9.17, 15) is 0 Å². The Morgan fingerprint density at radius 1 is 0.833 bits per heavy atom. The van der Waals surface area contributed by atoms with Crippen LogP contribution in [-0.2, 0) is 9.31 Å². The van der Waals surface area contributed by atoms with Gasteiger partial charge in [0.1, 0.15) is 5.52 Å². The van der Waals surface area contributed by atoms with Gasteiger partial charge in [0, 0.05) is 11.0 Å². The molecule has 24 heavy (non-hydrogen) atoms. The van der Waals surface area contributed by atoms with Gasteiger partial charge in [-0.3, -0.25) is 0 Å². The maximum absolute atomic E-state index is 6.16. The van der Waals surface area contributed by atoms with Crippen LogP contribution in [0, 0.1) is 0 Å². The fourth-order valence-corrected chi connectivity index (χ4v) is 2.83. The predicted octanol–water partition coefficient (Wildman–Crippen LogP) is 3.79. The van der Waals surface area contributed by atoms with Gasteiger partial charge in [0.15, 0.2) is 5.58 Å². The highest BCUT2D eigenvalue weighted by Gasteiger charge is 2.52. The van der Waals surface area contributed by atoms with Crippen LogP contribution < -0.4 is 5.46 Å². The number of aromatic nitrogens is 1. The molecule has 0 bridgehead atoms. The molecule has 1 aliphatic rings. The summed E-state index contributed by atoms with van der Waals surface area (Å²) < 4.78 is 18.4. The van der Waals surface area contributed by atoms with Gasteiger partial charge in [-0.05, 0) is 45.9 Å². The molecule has 3 aromatic rings. The maximum Gasteiger partial charge on any atom is 0.498 e. The number of benzene rings is 2. The van der Waals surface area contributed by atoms with Crippen LogP contribution in [-0.4, -0.2) is 23.3 Å². The minimum atomic E-state index is -0.463. The first kappa shape index (κ1) is 15.4. The zero-order valence-corrected chi connectivity index (χ0v) is 14.4. The molecule has 0 saturated carbocycles. The van der Waals surface area contributed by atoms with E-state index in [2.05, 4.69) is 4.98 Å². The molecule has 2 heterocycles. The maximum atomic E-state index is 6.16. The van der Waals surface area contributed by atoms with Crippen molar-refractivity contribution in [2.75, 3.05) is 0 Å². The average molecular weight is 321 g/mol. The number of fused-ring (bicyclic) bond motifs is 1. The zero-order valence-electron chi connectivity index (χ0n) is 14.4. The van der Waals surface area contributed by atoms with Crippen molar-refractivity contribution >= 4 is 23.7 Å². The SMILES string of the molecule is CC1(C)OB(c2cccc3nc(-c4ccccc4)oc23)OC1(C)C. The second-order valence-corrected chi connectivity index (χ2v) is 7.17. The standard InChI is InChI=1S/C19H20BNO3/c1-18(2)19(3,4)24-20(23-18)14-11-8-12-15-16(14)22-17(21-15)13-9-6-5-7-10-13/h5-12H,1-4H3. The molecule has 0 N–H and O–H groups in total. The monoisotopic (exact) mass is 321 g/mol. The molecule has 1 saturated heterocycles. The molecule has 0 unspecified atom stereocenters. The molecule has 1 aromatic heterocycles. The Kier molecular flexibility index (Phi) is 3.34. The Morgan fingerprint density at radius 3 is 2.17 bits per heavy atom. The van der Waals surface area contributed by atoms with E-state index >= 15 is 0 Å². The van der Waals surface area contributed by atoms with Crippen LogP contribution in [0.25, 0.3) is 22.6 Å². The molecule has 4 nitrogen and oxygen atoms in total. The van der Waals surface area contributed by atoms with Crippen molar-refractivity contribution in [3.05, 3.63) is 48.5 Å². The van der Waals surface area contributed by atoms with Gasteiger partial charge in [0.2, 0.25) is 5.89 Å². The Morgan fingerprint density at radius 2 is 1.50 bits per heavy atom. The molecule has 122 valence electrons. The van der Waals surface area contributed by atoms with Gasteiger partial charge in [-0.2, -0.15) is 0 Å². The molecule has 0 radical (unpaired) electrons. The molecule has 0 aliphatic carbocycles. The second kappa shape index (κ2) is 5.20. The molecular weight excluding hydrogens is 301 g/mol. The summed E-state index contributed by atoms with van der Waals surface area (Å²) in [5.41, 5.74) is 2.58. The van der Waals surface area contributed by atoms with Gasteiger partial charge >= 0.3 is 7.12 Å². The highest BCUT2D eigenvalue weighted by molar-refractivity contribution is 6.64. The van der Waals surface area contributed by atoms with Crippen LogP contribution in [0.3, 0.4) is 0 Å². The molecule has 5 heteroatoms. The quantitative estimate of drug-likeness (QED) is 0.674. The Balaban J connectivity index is 1.79. The van der Waals surface area contributed by atoms with Gasteiger partial charge in [0.05, 0.1) is 11.2 Å². The fourth-order valence-electron chi connectivity index (χ4n) is 2.83. The predicted molar refractivity (Wildman–Crippen MR) is 95.2 cm³/mol. The number of hydrogen-bond acceptors (Lipinski definition) is 4. The normalized spacial score (nSPS) is 19.1. The third kappa shape index (κ3) is 2.36. The van der Waals surface area contributed by atoms with Crippen molar-refractivity contribution in [1.29, 1.82) is 0 Å². The minimum absolute atomic E-state index is 0.387. The average Bonchev–Trinajstić information content (AvgIpc) is 3.06. The van der Waals surface area contributed by atoms with E-state index in [-0.39, 0.29) is 11.2 Å². The van der Waals surface area contributed by atoms with E-state index in [1.807, 2.05) is 76.2 Å². The van der Waals surface area contributed by atoms with E-state index in [1.54, 1.807) is 0 Å². The lowest BCUT2D eigenvalue weighted by Gasteiger charge is -2.32. The smallest absolute Gasteiger partial charge is 0.436 e. The number of hydrogen-bond donors (Lipinski definition) is 0. The van der Waals surface area contributed by atoms with Gasteiger partial charge in [-0.1, -0.05) is 30.3 Å². The topological polar surface area (TPSA) is 44.5 Å². The lowest BCUT2D eigenvalue weighted by Crippen LogP contribution is -2.41. The summed E-state index contributed by atoms with van der Waals surface area (Å²) >= 11 is 0. The van der Waals surface area contributed by atoms with Crippen LogP contribution in [0.1, 0.15) is 27.7 Å². The van der Waals surface area contributed by atoms with Crippen molar-refractivity contribution in [2.24, 2.45) is 0 Å². The van der Waals surface area contributed by atoms with Gasteiger partial charge < -0.3 is 13.7 Å². The molecule has 4 rings (SSSR count). The third-order valence-electron chi connectivity index (χ3n) is 4.97. The van der Waals surface area contributed by atoms with E-state index in [0.29, 0.717) is 5.89 Å². The van der Waals surface area contributed by atoms with E-state index in [4.69, 9.17) is 13.7 Å². The molecule has 2 aromatic carbocycles. The van der Waals surface area contributed by atoms with E-state index in [0.717, 1.165) is 22.1 Å². The van der Waals surface area contributed by atoms with Gasteiger partial charge in [0.25, 0.3) is 0 Å².